The first-order chi connectivity index (χ1) is 11.4. The SMILES string of the molecule is C=S(C)(=O)c1cn(CC2=NCCN2)c2ccc(Cl)cc12.CC.CO. The molecule has 0 fully saturated rings. The van der Waals surface area contributed by atoms with Gasteiger partial charge in [0.05, 0.1) is 18.0 Å². The van der Waals surface area contributed by atoms with E-state index < -0.39 is 9.52 Å². The van der Waals surface area contributed by atoms with E-state index in [0.29, 0.717) is 11.6 Å². The van der Waals surface area contributed by atoms with Crippen molar-refractivity contribution in [3.63, 3.8) is 0 Å². The van der Waals surface area contributed by atoms with Crippen LogP contribution in [-0.4, -0.2) is 52.0 Å². The molecular formula is C17H26ClN3O2S. The summed E-state index contributed by atoms with van der Waals surface area (Å²) < 4.78 is 14.4. The van der Waals surface area contributed by atoms with Crippen LogP contribution in [0.15, 0.2) is 34.3 Å². The first-order valence-electron chi connectivity index (χ1n) is 7.78. The van der Waals surface area contributed by atoms with E-state index in [0.717, 1.165) is 41.8 Å². The highest BCUT2D eigenvalue weighted by molar-refractivity contribution is 7.99. The lowest BCUT2D eigenvalue weighted by atomic mass is 10.2. The maximum atomic E-state index is 12.4. The summed E-state index contributed by atoms with van der Waals surface area (Å²) in [4.78, 5) is 5.14. The predicted octanol–water partition coefficient (Wildman–Crippen LogP) is 2.64. The van der Waals surface area contributed by atoms with Gasteiger partial charge in [0, 0.05) is 42.0 Å². The van der Waals surface area contributed by atoms with Gasteiger partial charge in [-0.2, -0.15) is 0 Å². The Hall–Kier alpha value is -1.50. The van der Waals surface area contributed by atoms with E-state index in [4.69, 9.17) is 16.7 Å². The second-order valence-corrected chi connectivity index (χ2v) is 7.93. The molecule has 5 nitrogen and oxygen atoms in total. The fourth-order valence-corrected chi connectivity index (χ4v) is 3.58. The quantitative estimate of drug-likeness (QED) is 0.815. The highest BCUT2D eigenvalue weighted by Crippen LogP contribution is 2.28. The number of nitrogens with one attached hydrogen (secondary N) is 1. The van der Waals surface area contributed by atoms with Crippen molar-refractivity contribution in [2.24, 2.45) is 4.99 Å². The maximum absolute atomic E-state index is 12.4. The van der Waals surface area contributed by atoms with Gasteiger partial charge in [-0.3, -0.25) is 9.20 Å². The van der Waals surface area contributed by atoms with Gasteiger partial charge in [-0.1, -0.05) is 25.4 Å². The molecule has 1 unspecified atom stereocenters. The predicted molar refractivity (Wildman–Crippen MR) is 106 cm³/mol. The largest absolute Gasteiger partial charge is 0.400 e. The summed E-state index contributed by atoms with van der Waals surface area (Å²) in [6.07, 6.45) is 3.55. The van der Waals surface area contributed by atoms with Crippen molar-refractivity contribution >= 4 is 43.7 Å². The molecule has 1 aromatic heterocycles. The molecule has 0 saturated carbocycles. The number of aromatic nitrogens is 1. The van der Waals surface area contributed by atoms with E-state index in [1.165, 1.54) is 0 Å². The van der Waals surface area contributed by atoms with Gasteiger partial charge in [-0.05, 0) is 33.6 Å². The smallest absolute Gasteiger partial charge is 0.117 e. The van der Waals surface area contributed by atoms with Crippen molar-refractivity contribution < 1.29 is 9.32 Å². The molecule has 2 heterocycles. The third kappa shape index (κ3) is 4.75. The zero-order valence-electron chi connectivity index (χ0n) is 14.7. The Balaban J connectivity index is 0.000000671. The van der Waals surface area contributed by atoms with Crippen LogP contribution in [0.25, 0.3) is 10.9 Å². The summed E-state index contributed by atoms with van der Waals surface area (Å²) >= 11 is 6.06. The summed E-state index contributed by atoms with van der Waals surface area (Å²) in [6, 6.07) is 5.64. The monoisotopic (exact) mass is 371 g/mol. The van der Waals surface area contributed by atoms with Crippen LogP contribution in [0.3, 0.4) is 0 Å². The molecule has 134 valence electrons. The zero-order valence-corrected chi connectivity index (χ0v) is 16.2. The lowest BCUT2D eigenvalue weighted by molar-refractivity contribution is 0.399. The molecule has 0 radical (unpaired) electrons. The van der Waals surface area contributed by atoms with Gasteiger partial charge >= 0.3 is 0 Å². The third-order valence-corrected chi connectivity index (χ3v) is 4.83. The van der Waals surface area contributed by atoms with Crippen molar-refractivity contribution in [2.75, 3.05) is 26.5 Å². The third-order valence-electron chi connectivity index (χ3n) is 3.34. The fourth-order valence-electron chi connectivity index (χ4n) is 2.43. The van der Waals surface area contributed by atoms with E-state index >= 15 is 0 Å². The average molecular weight is 372 g/mol. The number of hydrogen-bond acceptors (Lipinski definition) is 4. The van der Waals surface area contributed by atoms with Crippen LogP contribution in [0.4, 0.5) is 0 Å². The Morgan fingerprint density at radius 3 is 2.62 bits per heavy atom. The van der Waals surface area contributed by atoms with Crippen molar-refractivity contribution in [3.8, 4) is 0 Å². The van der Waals surface area contributed by atoms with Crippen LogP contribution in [0.1, 0.15) is 13.8 Å². The lowest BCUT2D eigenvalue weighted by Gasteiger charge is -2.05. The number of aliphatic imine (C=N–C) groups is 1. The van der Waals surface area contributed by atoms with Crippen LogP contribution >= 0.6 is 11.6 Å². The standard InChI is InChI=1S/C14H16ClN3OS.C2H6.CH4O/c1-20(2,19)13-8-18(9-14-16-5-6-17-14)12-4-3-10(15)7-11(12)13;2*1-2/h3-4,7-8H,1,5-6,9H2,2H3,(H,16,17);1-2H3;2H,1H3. The van der Waals surface area contributed by atoms with Crippen LogP contribution < -0.4 is 5.32 Å². The zero-order chi connectivity index (χ0) is 18.3. The van der Waals surface area contributed by atoms with Crippen molar-refractivity contribution in [2.45, 2.75) is 25.3 Å². The van der Waals surface area contributed by atoms with Crippen molar-refractivity contribution in [1.29, 1.82) is 0 Å². The minimum atomic E-state index is -2.30. The molecule has 0 bridgehead atoms. The topological polar surface area (TPSA) is 66.6 Å². The first kappa shape index (κ1) is 20.5. The fraction of sp³-hybridized carbons (Fsp3) is 0.412. The van der Waals surface area contributed by atoms with Crippen molar-refractivity contribution in [1.82, 2.24) is 9.88 Å². The second kappa shape index (κ2) is 9.11. The number of nitrogens with zero attached hydrogens (tertiary/aromatic N) is 2. The Kier molecular flexibility index (Phi) is 7.79. The average Bonchev–Trinajstić information content (AvgIpc) is 3.19. The number of hydrogen-bond donors (Lipinski definition) is 2. The Morgan fingerprint density at radius 2 is 2.08 bits per heavy atom. The molecule has 0 aliphatic carbocycles. The van der Waals surface area contributed by atoms with E-state index in [9.17, 15) is 4.21 Å². The number of benzene rings is 1. The summed E-state index contributed by atoms with van der Waals surface area (Å²) in [5.74, 6) is 4.74. The molecule has 1 aliphatic heterocycles. The number of amidine groups is 1. The number of aliphatic hydroxyl groups excluding tert-OH is 1. The first-order valence-corrected chi connectivity index (χ1v) is 10.3. The summed E-state index contributed by atoms with van der Waals surface area (Å²) in [6.45, 7) is 6.34. The van der Waals surface area contributed by atoms with Gasteiger partial charge in [-0.15, -0.1) is 0 Å². The highest BCUT2D eigenvalue weighted by atomic mass is 35.5. The molecule has 0 amide bonds. The van der Waals surface area contributed by atoms with Crippen LogP contribution in [0.5, 0.6) is 0 Å². The van der Waals surface area contributed by atoms with Gasteiger partial charge in [-0.25, -0.2) is 0 Å². The Morgan fingerprint density at radius 1 is 1.42 bits per heavy atom. The molecule has 7 heteroatoms. The second-order valence-electron chi connectivity index (χ2n) is 5.04. The molecule has 1 atom stereocenters. The molecule has 1 aliphatic rings. The normalized spacial score (nSPS) is 15.3. The van der Waals surface area contributed by atoms with Gasteiger partial charge in [0.25, 0.3) is 0 Å². The Labute approximate surface area is 149 Å². The molecule has 1 aromatic carbocycles. The summed E-state index contributed by atoms with van der Waals surface area (Å²) in [7, 11) is -1.30. The van der Waals surface area contributed by atoms with E-state index in [1.807, 2.05) is 42.8 Å². The lowest BCUT2D eigenvalue weighted by Crippen LogP contribution is -2.23. The number of halogens is 1. The summed E-state index contributed by atoms with van der Waals surface area (Å²) in [5, 5.41) is 11.8. The van der Waals surface area contributed by atoms with E-state index in [-0.39, 0.29) is 0 Å². The van der Waals surface area contributed by atoms with E-state index in [2.05, 4.69) is 16.2 Å². The minimum Gasteiger partial charge on any atom is -0.400 e. The van der Waals surface area contributed by atoms with Crippen molar-refractivity contribution in [3.05, 3.63) is 29.4 Å². The minimum absolute atomic E-state index is 0.636. The molecule has 24 heavy (non-hydrogen) atoms. The Bertz CT molecular complexity index is 811. The van der Waals surface area contributed by atoms with Crippen LogP contribution in [-0.2, 0) is 16.1 Å². The van der Waals surface area contributed by atoms with E-state index in [1.54, 1.807) is 6.26 Å². The van der Waals surface area contributed by atoms with Gasteiger partial charge in [0.15, 0.2) is 0 Å². The molecule has 0 saturated heterocycles. The maximum Gasteiger partial charge on any atom is 0.117 e. The number of rotatable bonds is 3. The van der Waals surface area contributed by atoms with Gasteiger partial charge in [0.2, 0.25) is 0 Å². The molecule has 2 aromatic rings. The number of fused-ring (bicyclic) bond motifs is 1. The molecular weight excluding hydrogens is 346 g/mol. The van der Waals surface area contributed by atoms with Gasteiger partial charge < -0.3 is 15.0 Å². The summed E-state index contributed by atoms with van der Waals surface area (Å²) in [5.41, 5.74) is 0.999. The molecule has 0 spiro atoms. The van der Waals surface area contributed by atoms with Crippen LogP contribution in [0.2, 0.25) is 5.02 Å². The molecule has 2 N–H and O–H groups in total. The van der Waals surface area contributed by atoms with Gasteiger partial charge in [0.1, 0.15) is 5.84 Å². The molecule has 3 rings (SSSR count). The number of aliphatic hydroxyl groups is 1. The highest BCUT2D eigenvalue weighted by Gasteiger charge is 2.15. The van der Waals surface area contributed by atoms with Crippen LogP contribution in [0, 0.1) is 0 Å².